The molecule has 0 aromatic heterocycles. The van der Waals surface area contributed by atoms with Crippen molar-refractivity contribution >= 4 is 28.9 Å². The molecule has 0 saturated heterocycles. The van der Waals surface area contributed by atoms with E-state index in [2.05, 4.69) is 5.32 Å². The van der Waals surface area contributed by atoms with Gasteiger partial charge in [0.25, 0.3) is 0 Å². The summed E-state index contributed by atoms with van der Waals surface area (Å²) < 4.78 is 5.77. The summed E-state index contributed by atoms with van der Waals surface area (Å²) in [6.45, 7) is 0.356. The van der Waals surface area contributed by atoms with Gasteiger partial charge >= 0.3 is 0 Å². The van der Waals surface area contributed by atoms with Crippen molar-refractivity contribution in [2.45, 2.75) is 19.4 Å². The lowest BCUT2D eigenvalue weighted by atomic mass is 10.0. The first-order chi connectivity index (χ1) is 10.1. The van der Waals surface area contributed by atoms with Gasteiger partial charge in [0.05, 0.1) is 5.69 Å². The second kappa shape index (κ2) is 5.66. The highest BCUT2D eigenvalue weighted by molar-refractivity contribution is 6.31. The third kappa shape index (κ3) is 2.95. The first-order valence-electron chi connectivity index (χ1n) is 6.72. The Bertz CT molecular complexity index is 701. The molecule has 0 radical (unpaired) electrons. The number of carbonyl (C=O) groups is 1. The summed E-state index contributed by atoms with van der Waals surface area (Å²) in [6.07, 6.45) is 1.19. The maximum Gasteiger partial charge on any atom is 0.224 e. The van der Waals surface area contributed by atoms with Crippen molar-refractivity contribution in [1.29, 1.82) is 0 Å². The molecule has 0 fully saturated rings. The molecule has 108 valence electrons. The SMILES string of the molecule is Nc1cc2c(cc1OCc1ccccc1Cl)CCC(=O)N2. The zero-order valence-corrected chi connectivity index (χ0v) is 12.1. The highest BCUT2D eigenvalue weighted by Crippen LogP contribution is 2.33. The lowest BCUT2D eigenvalue weighted by molar-refractivity contribution is -0.116. The van der Waals surface area contributed by atoms with Crippen LogP contribution in [0.5, 0.6) is 5.75 Å². The molecule has 1 aliphatic heterocycles. The average Bonchev–Trinajstić information content (AvgIpc) is 2.46. The second-order valence-corrected chi connectivity index (χ2v) is 5.38. The fraction of sp³-hybridized carbons (Fsp3) is 0.188. The number of ether oxygens (including phenoxy) is 1. The number of amides is 1. The van der Waals surface area contributed by atoms with E-state index in [-0.39, 0.29) is 5.91 Å². The van der Waals surface area contributed by atoms with E-state index in [4.69, 9.17) is 22.1 Å². The topological polar surface area (TPSA) is 64.3 Å². The Balaban J connectivity index is 1.80. The van der Waals surface area contributed by atoms with Gasteiger partial charge in [0.2, 0.25) is 5.91 Å². The number of anilines is 2. The number of fused-ring (bicyclic) bond motifs is 1. The predicted molar refractivity (Wildman–Crippen MR) is 83.6 cm³/mol. The number of benzene rings is 2. The van der Waals surface area contributed by atoms with Crippen molar-refractivity contribution in [3.63, 3.8) is 0 Å². The third-order valence-electron chi connectivity index (χ3n) is 3.47. The average molecular weight is 303 g/mol. The zero-order chi connectivity index (χ0) is 14.8. The quantitative estimate of drug-likeness (QED) is 0.854. The van der Waals surface area contributed by atoms with Crippen molar-refractivity contribution in [2.75, 3.05) is 11.1 Å². The first-order valence-corrected chi connectivity index (χ1v) is 7.10. The first kappa shape index (κ1) is 13.8. The highest BCUT2D eigenvalue weighted by atomic mass is 35.5. The molecule has 5 heteroatoms. The zero-order valence-electron chi connectivity index (χ0n) is 11.4. The number of hydrogen-bond donors (Lipinski definition) is 2. The van der Waals surface area contributed by atoms with Crippen LogP contribution in [0.2, 0.25) is 5.02 Å². The van der Waals surface area contributed by atoms with Crippen molar-refractivity contribution in [1.82, 2.24) is 0 Å². The van der Waals surface area contributed by atoms with Crippen LogP contribution in [0.4, 0.5) is 11.4 Å². The molecule has 1 amide bonds. The molecule has 0 aliphatic carbocycles. The van der Waals surface area contributed by atoms with E-state index in [1.807, 2.05) is 30.3 Å². The summed E-state index contributed by atoms with van der Waals surface area (Å²) in [5.74, 6) is 0.636. The van der Waals surface area contributed by atoms with Gasteiger partial charge in [-0.3, -0.25) is 4.79 Å². The van der Waals surface area contributed by atoms with Gasteiger partial charge in [-0.15, -0.1) is 0 Å². The van der Waals surface area contributed by atoms with E-state index in [0.29, 0.717) is 35.9 Å². The van der Waals surface area contributed by atoms with E-state index >= 15 is 0 Å². The number of nitrogens with two attached hydrogens (primary N) is 1. The van der Waals surface area contributed by atoms with Gasteiger partial charge in [0.1, 0.15) is 12.4 Å². The van der Waals surface area contributed by atoms with Crippen LogP contribution in [-0.4, -0.2) is 5.91 Å². The van der Waals surface area contributed by atoms with Gasteiger partial charge in [0.15, 0.2) is 0 Å². The van der Waals surface area contributed by atoms with Gasteiger partial charge in [-0.05, 0) is 30.2 Å². The molecule has 0 bridgehead atoms. The largest absolute Gasteiger partial charge is 0.487 e. The Hall–Kier alpha value is -2.20. The lowest BCUT2D eigenvalue weighted by Gasteiger charge is -2.19. The Labute approximate surface area is 127 Å². The number of rotatable bonds is 3. The summed E-state index contributed by atoms with van der Waals surface area (Å²) in [7, 11) is 0. The lowest BCUT2D eigenvalue weighted by Crippen LogP contribution is -2.19. The number of nitrogens with one attached hydrogen (secondary N) is 1. The maximum absolute atomic E-state index is 11.4. The summed E-state index contributed by atoms with van der Waals surface area (Å²) in [6, 6.07) is 11.2. The van der Waals surface area contributed by atoms with E-state index in [1.54, 1.807) is 6.07 Å². The molecule has 0 unspecified atom stereocenters. The Morgan fingerprint density at radius 3 is 2.86 bits per heavy atom. The fourth-order valence-corrected chi connectivity index (χ4v) is 2.51. The second-order valence-electron chi connectivity index (χ2n) is 4.98. The summed E-state index contributed by atoms with van der Waals surface area (Å²) in [5.41, 5.74) is 9.20. The van der Waals surface area contributed by atoms with Crippen LogP contribution in [0.3, 0.4) is 0 Å². The molecule has 1 aliphatic rings. The minimum Gasteiger partial charge on any atom is -0.487 e. The van der Waals surface area contributed by atoms with Crippen molar-refractivity contribution in [2.24, 2.45) is 0 Å². The Morgan fingerprint density at radius 1 is 1.24 bits per heavy atom. The number of nitrogen functional groups attached to an aromatic ring is 1. The molecule has 2 aromatic rings. The van der Waals surface area contributed by atoms with Gasteiger partial charge in [-0.25, -0.2) is 0 Å². The third-order valence-corrected chi connectivity index (χ3v) is 3.84. The fourth-order valence-electron chi connectivity index (χ4n) is 2.32. The minimum atomic E-state index is 0.0200. The van der Waals surface area contributed by atoms with Crippen LogP contribution >= 0.6 is 11.6 Å². The summed E-state index contributed by atoms with van der Waals surface area (Å²) in [5, 5.41) is 3.48. The molecule has 0 atom stereocenters. The number of halogens is 1. The molecule has 0 saturated carbocycles. The predicted octanol–water partition coefficient (Wildman–Crippen LogP) is 3.39. The molecule has 4 nitrogen and oxygen atoms in total. The van der Waals surface area contributed by atoms with Crippen molar-refractivity contribution in [3.8, 4) is 5.75 Å². The van der Waals surface area contributed by atoms with Crippen LogP contribution in [-0.2, 0) is 17.8 Å². The monoisotopic (exact) mass is 302 g/mol. The Kier molecular flexibility index (Phi) is 3.71. The standard InChI is InChI=1S/C16H15ClN2O2/c17-12-4-2-1-3-11(12)9-21-15-7-10-5-6-16(20)19-14(10)8-13(15)18/h1-4,7-8H,5-6,9,18H2,(H,19,20). The highest BCUT2D eigenvalue weighted by Gasteiger charge is 2.17. The molecule has 1 heterocycles. The van der Waals surface area contributed by atoms with Crippen LogP contribution < -0.4 is 15.8 Å². The van der Waals surface area contributed by atoms with Gasteiger partial charge < -0.3 is 15.8 Å². The molecular formula is C16H15ClN2O2. The number of hydrogen-bond acceptors (Lipinski definition) is 3. The smallest absolute Gasteiger partial charge is 0.224 e. The molecule has 2 aromatic carbocycles. The molecule has 3 rings (SSSR count). The van der Waals surface area contributed by atoms with Crippen molar-refractivity contribution in [3.05, 3.63) is 52.5 Å². The van der Waals surface area contributed by atoms with Crippen molar-refractivity contribution < 1.29 is 9.53 Å². The van der Waals surface area contributed by atoms with Gasteiger partial charge in [-0.2, -0.15) is 0 Å². The summed E-state index contributed by atoms with van der Waals surface area (Å²) in [4.78, 5) is 11.4. The molecule has 21 heavy (non-hydrogen) atoms. The molecule has 3 N–H and O–H groups in total. The Morgan fingerprint density at radius 2 is 2.05 bits per heavy atom. The van der Waals surface area contributed by atoms with E-state index in [9.17, 15) is 4.79 Å². The van der Waals surface area contributed by atoms with E-state index < -0.39 is 0 Å². The van der Waals surface area contributed by atoms with Gasteiger partial charge in [0, 0.05) is 22.7 Å². The molecular weight excluding hydrogens is 288 g/mol. The number of aryl methyl sites for hydroxylation is 1. The molecule has 0 spiro atoms. The summed E-state index contributed by atoms with van der Waals surface area (Å²) >= 11 is 6.10. The van der Waals surface area contributed by atoms with Crippen LogP contribution in [0.1, 0.15) is 17.5 Å². The van der Waals surface area contributed by atoms with E-state index in [1.165, 1.54) is 0 Å². The van der Waals surface area contributed by atoms with E-state index in [0.717, 1.165) is 16.8 Å². The normalized spacial score (nSPS) is 13.5. The maximum atomic E-state index is 11.4. The minimum absolute atomic E-state index is 0.0200. The van der Waals surface area contributed by atoms with Crippen LogP contribution in [0.25, 0.3) is 0 Å². The van der Waals surface area contributed by atoms with Crippen LogP contribution in [0.15, 0.2) is 36.4 Å². The number of carbonyl (C=O) groups excluding carboxylic acids is 1. The van der Waals surface area contributed by atoms with Gasteiger partial charge in [-0.1, -0.05) is 29.8 Å². The van der Waals surface area contributed by atoms with Crippen LogP contribution in [0, 0.1) is 0 Å².